The molecule has 1 rings (SSSR count). The fraction of sp³-hybridized carbons (Fsp3) is 0.917. The summed E-state index contributed by atoms with van der Waals surface area (Å²) in [5.41, 5.74) is -0.865. The summed E-state index contributed by atoms with van der Waals surface area (Å²) in [6.45, 7) is 8.40. The highest BCUT2D eigenvalue weighted by atomic mass is 16.7. The van der Waals surface area contributed by atoms with Crippen LogP contribution in [0.4, 0.5) is 0 Å². The van der Waals surface area contributed by atoms with Crippen molar-refractivity contribution in [2.45, 2.75) is 46.3 Å². The predicted octanol–water partition coefficient (Wildman–Crippen LogP) is 2.28. The van der Waals surface area contributed by atoms with Crippen LogP contribution in [0.3, 0.4) is 0 Å². The van der Waals surface area contributed by atoms with E-state index in [0.717, 1.165) is 6.42 Å². The van der Waals surface area contributed by atoms with Gasteiger partial charge in [-0.3, -0.25) is 4.79 Å². The van der Waals surface area contributed by atoms with Crippen molar-refractivity contribution < 1.29 is 19.4 Å². The lowest BCUT2D eigenvalue weighted by molar-refractivity contribution is -0.298. The highest BCUT2D eigenvalue weighted by Gasteiger charge is 2.46. The third-order valence-electron chi connectivity index (χ3n) is 3.22. The summed E-state index contributed by atoms with van der Waals surface area (Å²) in [7, 11) is 0. The lowest BCUT2D eigenvalue weighted by Crippen LogP contribution is -2.52. The molecule has 0 aromatic rings. The molecule has 0 radical (unpaired) electrons. The Labute approximate surface area is 96.9 Å². The first-order valence-electron chi connectivity index (χ1n) is 5.85. The molecule has 0 atom stereocenters. The zero-order chi connectivity index (χ0) is 12.4. The van der Waals surface area contributed by atoms with Crippen molar-refractivity contribution in [3.05, 3.63) is 0 Å². The van der Waals surface area contributed by atoms with Crippen LogP contribution in [0, 0.1) is 11.3 Å². The summed E-state index contributed by atoms with van der Waals surface area (Å²) >= 11 is 0. The monoisotopic (exact) mass is 230 g/mol. The van der Waals surface area contributed by atoms with Gasteiger partial charge in [-0.1, -0.05) is 20.8 Å². The standard InChI is InChI=1S/C12H22O4/c1-5-12(10(13)14)7-15-11(4,16-8-12)6-9(2)3/h9H,5-8H2,1-4H3,(H,13,14). The molecule has 4 heteroatoms. The second-order valence-electron chi connectivity index (χ2n) is 5.25. The highest BCUT2D eigenvalue weighted by molar-refractivity contribution is 5.75. The summed E-state index contributed by atoms with van der Waals surface area (Å²) < 4.78 is 11.3. The number of carboxylic acid groups (broad SMARTS) is 1. The van der Waals surface area contributed by atoms with E-state index in [1.165, 1.54) is 0 Å². The molecule has 1 aliphatic heterocycles. The summed E-state index contributed by atoms with van der Waals surface area (Å²) in [6.07, 6.45) is 1.31. The van der Waals surface area contributed by atoms with Gasteiger partial charge in [-0.15, -0.1) is 0 Å². The van der Waals surface area contributed by atoms with Gasteiger partial charge >= 0.3 is 5.97 Å². The van der Waals surface area contributed by atoms with Crippen molar-refractivity contribution in [2.24, 2.45) is 11.3 Å². The number of aliphatic carboxylic acids is 1. The minimum absolute atomic E-state index is 0.238. The zero-order valence-electron chi connectivity index (χ0n) is 10.6. The third kappa shape index (κ3) is 2.74. The van der Waals surface area contributed by atoms with Crippen LogP contribution < -0.4 is 0 Å². The van der Waals surface area contributed by atoms with Crippen LogP contribution in [0.25, 0.3) is 0 Å². The van der Waals surface area contributed by atoms with Crippen molar-refractivity contribution >= 4 is 5.97 Å². The first-order valence-corrected chi connectivity index (χ1v) is 5.85. The average Bonchev–Trinajstić information content (AvgIpc) is 2.17. The molecule has 0 bridgehead atoms. The van der Waals surface area contributed by atoms with Crippen LogP contribution in [0.1, 0.15) is 40.5 Å². The second kappa shape index (κ2) is 4.72. The van der Waals surface area contributed by atoms with Crippen LogP contribution in [0.5, 0.6) is 0 Å². The fourth-order valence-electron chi connectivity index (χ4n) is 2.00. The molecular formula is C12H22O4. The Kier molecular flexibility index (Phi) is 3.97. The van der Waals surface area contributed by atoms with Gasteiger partial charge < -0.3 is 14.6 Å². The Balaban J connectivity index is 2.65. The lowest BCUT2D eigenvalue weighted by Gasteiger charge is -2.43. The van der Waals surface area contributed by atoms with Gasteiger partial charge in [0.05, 0.1) is 13.2 Å². The summed E-state index contributed by atoms with van der Waals surface area (Å²) in [6, 6.07) is 0. The maximum Gasteiger partial charge on any atom is 0.314 e. The van der Waals surface area contributed by atoms with Crippen molar-refractivity contribution in [1.82, 2.24) is 0 Å². The number of carboxylic acids is 1. The molecule has 1 aliphatic rings. The molecule has 1 saturated heterocycles. The normalized spacial score (nSPS) is 35.3. The van der Waals surface area contributed by atoms with Crippen molar-refractivity contribution in [3.8, 4) is 0 Å². The Morgan fingerprint density at radius 1 is 1.38 bits per heavy atom. The number of ether oxygens (including phenoxy) is 2. The fourth-order valence-corrected chi connectivity index (χ4v) is 2.00. The van der Waals surface area contributed by atoms with Gasteiger partial charge in [0.15, 0.2) is 5.79 Å². The van der Waals surface area contributed by atoms with Gasteiger partial charge in [0.25, 0.3) is 0 Å². The van der Waals surface area contributed by atoms with E-state index in [0.29, 0.717) is 12.3 Å². The maximum absolute atomic E-state index is 11.2. The summed E-state index contributed by atoms with van der Waals surface area (Å²) in [4.78, 5) is 11.2. The van der Waals surface area contributed by atoms with Crippen LogP contribution in [0.2, 0.25) is 0 Å². The highest BCUT2D eigenvalue weighted by Crippen LogP contribution is 2.35. The molecule has 0 aromatic carbocycles. The van der Waals surface area contributed by atoms with Crippen LogP contribution in [-0.4, -0.2) is 30.1 Å². The summed E-state index contributed by atoms with van der Waals surface area (Å²) in [5.74, 6) is -0.993. The van der Waals surface area contributed by atoms with E-state index in [9.17, 15) is 9.90 Å². The first kappa shape index (κ1) is 13.5. The molecule has 0 amide bonds. The molecule has 4 nitrogen and oxygen atoms in total. The van der Waals surface area contributed by atoms with E-state index in [-0.39, 0.29) is 13.2 Å². The number of hydrogen-bond donors (Lipinski definition) is 1. The van der Waals surface area contributed by atoms with Gasteiger partial charge in [-0.25, -0.2) is 0 Å². The summed E-state index contributed by atoms with van der Waals surface area (Å²) in [5, 5.41) is 9.18. The lowest BCUT2D eigenvalue weighted by atomic mass is 9.85. The van der Waals surface area contributed by atoms with E-state index in [2.05, 4.69) is 13.8 Å². The SMILES string of the molecule is CCC1(C(=O)O)COC(C)(CC(C)C)OC1. The predicted molar refractivity (Wildman–Crippen MR) is 60.1 cm³/mol. The molecule has 1 fully saturated rings. The first-order chi connectivity index (χ1) is 7.33. The minimum Gasteiger partial charge on any atom is -0.481 e. The number of rotatable bonds is 4. The van der Waals surface area contributed by atoms with E-state index in [4.69, 9.17) is 9.47 Å². The molecule has 0 saturated carbocycles. The molecule has 94 valence electrons. The van der Waals surface area contributed by atoms with Crippen molar-refractivity contribution in [1.29, 1.82) is 0 Å². The van der Waals surface area contributed by atoms with Gasteiger partial charge in [-0.2, -0.15) is 0 Å². The molecule has 1 heterocycles. The van der Waals surface area contributed by atoms with Gasteiger partial charge in [0, 0.05) is 6.42 Å². The minimum atomic E-state index is -0.865. The molecule has 16 heavy (non-hydrogen) atoms. The Hall–Kier alpha value is -0.610. The quantitative estimate of drug-likeness (QED) is 0.805. The Bertz CT molecular complexity index is 252. The zero-order valence-corrected chi connectivity index (χ0v) is 10.6. The van der Waals surface area contributed by atoms with E-state index >= 15 is 0 Å². The van der Waals surface area contributed by atoms with Gasteiger partial charge in [0.1, 0.15) is 5.41 Å². The smallest absolute Gasteiger partial charge is 0.314 e. The molecule has 1 N–H and O–H groups in total. The van der Waals surface area contributed by atoms with Crippen molar-refractivity contribution in [2.75, 3.05) is 13.2 Å². The molecule has 0 aliphatic carbocycles. The second-order valence-corrected chi connectivity index (χ2v) is 5.25. The van der Waals surface area contributed by atoms with Crippen LogP contribution in [0.15, 0.2) is 0 Å². The van der Waals surface area contributed by atoms with E-state index in [1.807, 2.05) is 13.8 Å². The number of carbonyl (C=O) groups is 1. The van der Waals surface area contributed by atoms with E-state index in [1.54, 1.807) is 0 Å². The van der Waals surface area contributed by atoms with Crippen molar-refractivity contribution in [3.63, 3.8) is 0 Å². The Morgan fingerprint density at radius 2 is 1.88 bits per heavy atom. The topological polar surface area (TPSA) is 55.8 Å². The van der Waals surface area contributed by atoms with Gasteiger partial charge in [0.2, 0.25) is 0 Å². The molecule has 0 spiro atoms. The number of hydrogen-bond acceptors (Lipinski definition) is 3. The molecule has 0 aromatic heterocycles. The molecule has 0 unspecified atom stereocenters. The largest absolute Gasteiger partial charge is 0.481 e. The third-order valence-corrected chi connectivity index (χ3v) is 3.22. The molecular weight excluding hydrogens is 208 g/mol. The van der Waals surface area contributed by atoms with E-state index < -0.39 is 17.2 Å². The maximum atomic E-state index is 11.2. The van der Waals surface area contributed by atoms with Gasteiger partial charge in [-0.05, 0) is 19.3 Å². The average molecular weight is 230 g/mol. The van der Waals surface area contributed by atoms with Crippen LogP contribution in [-0.2, 0) is 14.3 Å². The Morgan fingerprint density at radius 3 is 2.19 bits per heavy atom. The van der Waals surface area contributed by atoms with Crippen LogP contribution >= 0.6 is 0 Å².